The van der Waals surface area contributed by atoms with Crippen molar-refractivity contribution < 1.29 is 9.59 Å². The Hall–Kier alpha value is -1.93. The van der Waals surface area contributed by atoms with E-state index in [0.717, 1.165) is 11.1 Å². The van der Waals surface area contributed by atoms with E-state index in [1.807, 2.05) is 36.4 Å². The first-order valence-electron chi connectivity index (χ1n) is 6.90. The minimum atomic E-state index is 0.0436. The lowest BCUT2D eigenvalue weighted by atomic mass is 10.0. The van der Waals surface area contributed by atoms with E-state index in [-0.39, 0.29) is 11.6 Å². The van der Waals surface area contributed by atoms with Gasteiger partial charge in [0.15, 0.2) is 5.78 Å². The SMILES string of the molecule is CC(=O)c1cccc(CCC(=O)Cc2cccc(Cl)c2)c1. The van der Waals surface area contributed by atoms with E-state index < -0.39 is 0 Å². The fourth-order valence-electron chi connectivity index (χ4n) is 2.19. The second kappa shape index (κ2) is 7.19. The molecule has 0 N–H and O–H groups in total. The van der Waals surface area contributed by atoms with Gasteiger partial charge in [-0.25, -0.2) is 0 Å². The molecular weight excluding hydrogens is 284 g/mol. The van der Waals surface area contributed by atoms with Crippen LogP contribution in [-0.2, 0) is 17.6 Å². The lowest BCUT2D eigenvalue weighted by Gasteiger charge is -2.04. The van der Waals surface area contributed by atoms with Gasteiger partial charge in [0.05, 0.1) is 0 Å². The molecule has 3 heteroatoms. The highest BCUT2D eigenvalue weighted by atomic mass is 35.5. The van der Waals surface area contributed by atoms with Gasteiger partial charge in [-0.05, 0) is 42.7 Å². The Bertz CT molecular complexity index is 662. The van der Waals surface area contributed by atoms with Crippen LogP contribution >= 0.6 is 11.6 Å². The molecule has 21 heavy (non-hydrogen) atoms. The summed E-state index contributed by atoms with van der Waals surface area (Å²) in [6.07, 6.45) is 1.52. The molecule has 0 spiro atoms. The quantitative estimate of drug-likeness (QED) is 0.746. The fraction of sp³-hybridized carbons (Fsp3) is 0.222. The summed E-state index contributed by atoms with van der Waals surface area (Å²) in [5.41, 5.74) is 2.64. The minimum absolute atomic E-state index is 0.0436. The first-order valence-corrected chi connectivity index (χ1v) is 7.28. The third-order valence-corrected chi connectivity index (χ3v) is 3.55. The lowest BCUT2D eigenvalue weighted by molar-refractivity contribution is -0.118. The van der Waals surface area contributed by atoms with E-state index in [1.54, 1.807) is 19.1 Å². The summed E-state index contributed by atoms with van der Waals surface area (Å²) in [5, 5.41) is 0.648. The van der Waals surface area contributed by atoms with Gasteiger partial charge in [-0.15, -0.1) is 0 Å². The average Bonchev–Trinajstić information content (AvgIpc) is 2.45. The maximum atomic E-state index is 12.0. The van der Waals surface area contributed by atoms with Crippen LogP contribution in [0.5, 0.6) is 0 Å². The van der Waals surface area contributed by atoms with Crippen LogP contribution in [0.2, 0.25) is 5.02 Å². The van der Waals surface area contributed by atoms with Crippen LogP contribution in [0.3, 0.4) is 0 Å². The first kappa shape index (κ1) is 15.5. The molecule has 0 fully saturated rings. The Balaban J connectivity index is 1.92. The van der Waals surface area contributed by atoms with Gasteiger partial charge >= 0.3 is 0 Å². The summed E-state index contributed by atoms with van der Waals surface area (Å²) in [4.78, 5) is 23.3. The molecule has 2 rings (SSSR count). The number of benzene rings is 2. The third-order valence-electron chi connectivity index (χ3n) is 3.32. The number of hydrogen-bond acceptors (Lipinski definition) is 2. The molecule has 0 atom stereocenters. The van der Waals surface area contributed by atoms with Crippen molar-refractivity contribution in [2.45, 2.75) is 26.2 Å². The number of Topliss-reactive ketones (excluding diaryl/α,β-unsaturated/α-hetero) is 2. The van der Waals surface area contributed by atoms with Crippen molar-refractivity contribution in [2.75, 3.05) is 0 Å². The number of aryl methyl sites for hydroxylation is 1. The molecule has 0 aliphatic rings. The molecule has 0 radical (unpaired) electrons. The van der Waals surface area contributed by atoms with Crippen LogP contribution in [0.4, 0.5) is 0 Å². The van der Waals surface area contributed by atoms with Crippen molar-refractivity contribution in [3.63, 3.8) is 0 Å². The number of carbonyl (C=O) groups excluding carboxylic acids is 2. The molecule has 2 nitrogen and oxygen atoms in total. The molecule has 0 saturated carbocycles. The zero-order valence-corrected chi connectivity index (χ0v) is 12.7. The summed E-state index contributed by atoms with van der Waals surface area (Å²) in [6.45, 7) is 1.55. The topological polar surface area (TPSA) is 34.1 Å². The van der Waals surface area contributed by atoms with Crippen LogP contribution in [0.15, 0.2) is 48.5 Å². The van der Waals surface area contributed by atoms with E-state index in [1.165, 1.54) is 0 Å². The summed E-state index contributed by atoms with van der Waals surface area (Å²) in [5.74, 6) is 0.215. The highest BCUT2D eigenvalue weighted by Crippen LogP contribution is 2.13. The normalized spacial score (nSPS) is 10.4. The van der Waals surface area contributed by atoms with E-state index >= 15 is 0 Å². The summed E-state index contributed by atoms with van der Waals surface area (Å²) < 4.78 is 0. The number of hydrogen-bond donors (Lipinski definition) is 0. The maximum Gasteiger partial charge on any atom is 0.159 e. The average molecular weight is 301 g/mol. The van der Waals surface area contributed by atoms with Crippen LogP contribution in [-0.4, -0.2) is 11.6 Å². The smallest absolute Gasteiger partial charge is 0.159 e. The highest BCUT2D eigenvalue weighted by Gasteiger charge is 2.06. The summed E-state index contributed by atoms with van der Waals surface area (Å²) in [7, 11) is 0. The minimum Gasteiger partial charge on any atom is -0.299 e. The van der Waals surface area contributed by atoms with Crippen molar-refractivity contribution in [1.82, 2.24) is 0 Å². The molecule has 0 aliphatic carbocycles. The van der Waals surface area contributed by atoms with Crippen molar-refractivity contribution in [3.8, 4) is 0 Å². The molecule has 2 aromatic carbocycles. The molecule has 0 aromatic heterocycles. The molecular formula is C18H17ClO2. The van der Waals surface area contributed by atoms with E-state index in [0.29, 0.717) is 29.8 Å². The van der Waals surface area contributed by atoms with Crippen molar-refractivity contribution in [1.29, 1.82) is 0 Å². The second-order valence-electron chi connectivity index (χ2n) is 5.10. The molecule has 0 amide bonds. The highest BCUT2D eigenvalue weighted by molar-refractivity contribution is 6.30. The van der Waals surface area contributed by atoms with Gasteiger partial charge in [-0.2, -0.15) is 0 Å². The van der Waals surface area contributed by atoms with Gasteiger partial charge in [0, 0.05) is 23.4 Å². The van der Waals surface area contributed by atoms with Gasteiger partial charge in [0.25, 0.3) is 0 Å². The van der Waals surface area contributed by atoms with Gasteiger partial charge in [0.2, 0.25) is 0 Å². The Morgan fingerprint density at radius 1 is 1.00 bits per heavy atom. The molecule has 0 unspecified atom stereocenters. The van der Waals surface area contributed by atoms with Gasteiger partial charge in [-0.3, -0.25) is 9.59 Å². The van der Waals surface area contributed by atoms with Gasteiger partial charge in [-0.1, -0.05) is 41.9 Å². The Labute approximate surface area is 129 Å². The number of carbonyl (C=O) groups is 2. The van der Waals surface area contributed by atoms with Gasteiger partial charge in [0.1, 0.15) is 5.78 Å². The standard InChI is InChI=1S/C18H17ClO2/c1-13(20)16-6-2-4-14(10-16)8-9-18(21)12-15-5-3-7-17(19)11-15/h2-7,10-11H,8-9,12H2,1H3. The molecule has 0 saturated heterocycles. The summed E-state index contributed by atoms with van der Waals surface area (Å²) in [6, 6.07) is 14.8. The van der Waals surface area contributed by atoms with Crippen molar-refractivity contribution in [2.24, 2.45) is 0 Å². The number of rotatable bonds is 6. The monoisotopic (exact) mass is 300 g/mol. The Morgan fingerprint density at radius 2 is 1.71 bits per heavy atom. The van der Waals surface area contributed by atoms with E-state index in [2.05, 4.69) is 0 Å². The Kier molecular flexibility index (Phi) is 5.29. The third kappa shape index (κ3) is 4.83. The maximum absolute atomic E-state index is 12.0. The lowest BCUT2D eigenvalue weighted by Crippen LogP contribution is -2.04. The van der Waals surface area contributed by atoms with Crippen LogP contribution in [0.25, 0.3) is 0 Å². The first-order chi connectivity index (χ1) is 10.0. The van der Waals surface area contributed by atoms with Gasteiger partial charge < -0.3 is 0 Å². The zero-order valence-electron chi connectivity index (χ0n) is 11.9. The predicted molar refractivity (Wildman–Crippen MR) is 84.9 cm³/mol. The van der Waals surface area contributed by atoms with Crippen LogP contribution < -0.4 is 0 Å². The molecule has 0 aliphatic heterocycles. The summed E-state index contributed by atoms with van der Waals surface area (Å²) >= 11 is 5.91. The van der Waals surface area contributed by atoms with Crippen molar-refractivity contribution in [3.05, 3.63) is 70.2 Å². The van der Waals surface area contributed by atoms with E-state index in [4.69, 9.17) is 11.6 Å². The van der Waals surface area contributed by atoms with E-state index in [9.17, 15) is 9.59 Å². The molecule has 0 bridgehead atoms. The number of halogens is 1. The largest absolute Gasteiger partial charge is 0.299 e. The zero-order chi connectivity index (χ0) is 15.2. The Morgan fingerprint density at radius 3 is 2.43 bits per heavy atom. The predicted octanol–water partition coefficient (Wildman–Crippen LogP) is 4.29. The molecule has 108 valence electrons. The van der Waals surface area contributed by atoms with Crippen LogP contribution in [0.1, 0.15) is 34.8 Å². The molecule has 2 aromatic rings. The fourth-order valence-corrected chi connectivity index (χ4v) is 2.41. The number of ketones is 2. The molecule has 0 heterocycles. The second-order valence-corrected chi connectivity index (χ2v) is 5.54. The van der Waals surface area contributed by atoms with Crippen molar-refractivity contribution >= 4 is 23.2 Å². The van der Waals surface area contributed by atoms with Crippen LogP contribution in [0, 0.1) is 0 Å².